The van der Waals surface area contributed by atoms with E-state index in [0.29, 0.717) is 12.2 Å². The fourth-order valence-corrected chi connectivity index (χ4v) is 2.77. The summed E-state index contributed by atoms with van der Waals surface area (Å²) < 4.78 is 6.07. The number of nitriles is 1. The number of hydrogen-bond donors (Lipinski definition) is 0. The summed E-state index contributed by atoms with van der Waals surface area (Å²) in [5, 5.41) is 18.0. The largest absolute Gasteiger partial charge is 0.461 e. The topological polar surface area (TPSA) is 66.0 Å². The highest BCUT2D eigenvalue weighted by molar-refractivity contribution is 5.82. The van der Waals surface area contributed by atoms with Crippen molar-refractivity contribution < 1.29 is 4.42 Å². The number of furan rings is 1. The Labute approximate surface area is 141 Å². The molecule has 24 heavy (non-hydrogen) atoms. The molecule has 2 heterocycles. The average molecular weight is 320 g/mol. The molecular weight excluding hydrogens is 300 g/mol. The minimum Gasteiger partial charge on any atom is -0.461 e. The molecule has 0 amide bonds. The zero-order chi connectivity index (χ0) is 16.9. The van der Waals surface area contributed by atoms with E-state index in [1.807, 2.05) is 42.3 Å². The van der Waals surface area contributed by atoms with E-state index in [-0.39, 0.29) is 0 Å². The molecule has 0 saturated heterocycles. The van der Waals surface area contributed by atoms with Crippen LogP contribution in [0.5, 0.6) is 0 Å². The first-order chi connectivity index (χ1) is 11.7. The number of anilines is 1. The molecule has 3 rings (SSSR count). The van der Waals surface area contributed by atoms with Crippen molar-refractivity contribution in [2.75, 3.05) is 11.9 Å². The van der Waals surface area contributed by atoms with E-state index in [4.69, 9.17) is 9.68 Å². The van der Waals surface area contributed by atoms with Crippen molar-refractivity contribution in [2.24, 2.45) is 0 Å². The molecule has 0 saturated carbocycles. The molecule has 0 unspecified atom stereocenters. The summed E-state index contributed by atoms with van der Waals surface area (Å²) in [4.78, 5) is 2.03. The third-order valence-electron chi connectivity index (χ3n) is 4.09. The summed E-state index contributed by atoms with van der Waals surface area (Å²) in [7, 11) is 1.97. The summed E-state index contributed by atoms with van der Waals surface area (Å²) >= 11 is 0. The van der Waals surface area contributed by atoms with Gasteiger partial charge in [-0.25, -0.2) is 0 Å². The monoisotopic (exact) mass is 320 g/mol. The van der Waals surface area contributed by atoms with E-state index in [2.05, 4.69) is 23.2 Å². The van der Waals surface area contributed by atoms with Crippen LogP contribution in [0.15, 0.2) is 40.8 Å². The molecule has 0 aliphatic rings. The number of rotatable bonds is 6. The van der Waals surface area contributed by atoms with Crippen LogP contribution in [-0.4, -0.2) is 17.2 Å². The zero-order valence-corrected chi connectivity index (χ0v) is 14.0. The van der Waals surface area contributed by atoms with E-state index in [0.717, 1.165) is 41.8 Å². The molecule has 0 N–H and O–H groups in total. The lowest BCUT2D eigenvalue weighted by molar-refractivity contribution is 0.529. The third kappa shape index (κ3) is 3.23. The van der Waals surface area contributed by atoms with Gasteiger partial charge in [-0.2, -0.15) is 5.26 Å². The molecular formula is C19H20N4O. The van der Waals surface area contributed by atoms with Gasteiger partial charge in [-0.15, -0.1) is 10.2 Å². The highest BCUT2D eigenvalue weighted by Gasteiger charge is 2.16. The first-order valence-electron chi connectivity index (χ1n) is 8.17. The smallest absolute Gasteiger partial charge is 0.163 e. The quantitative estimate of drug-likeness (QED) is 0.685. The van der Waals surface area contributed by atoms with E-state index < -0.39 is 0 Å². The zero-order valence-electron chi connectivity index (χ0n) is 14.0. The van der Waals surface area contributed by atoms with Gasteiger partial charge in [-0.1, -0.05) is 31.5 Å². The lowest BCUT2D eigenvalue weighted by Crippen LogP contribution is -2.18. The summed E-state index contributed by atoms with van der Waals surface area (Å²) in [5.41, 5.74) is 2.45. The fourth-order valence-electron chi connectivity index (χ4n) is 2.77. The molecule has 0 atom stereocenters. The second-order valence-corrected chi connectivity index (χ2v) is 5.85. The van der Waals surface area contributed by atoms with Gasteiger partial charge in [0.2, 0.25) is 0 Å². The van der Waals surface area contributed by atoms with Crippen LogP contribution in [0.2, 0.25) is 0 Å². The van der Waals surface area contributed by atoms with Crippen LogP contribution < -0.4 is 4.90 Å². The number of aryl methyl sites for hydroxylation is 1. The van der Waals surface area contributed by atoms with Crippen LogP contribution in [0, 0.1) is 11.3 Å². The van der Waals surface area contributed by atoms with Gasteiger partial charge in [0.1, 0.15) is 17.4 Å². The minimum atomic E-state index is 0.324. The Kier molecular flexibility index (Phi) is 4.76. The van der Waals surface area contributed by atoms with Gasteiger partial charge in [0.05, 0.1) is 0 Å². The summed E-state index contributed by atoms with van der Waals surface area (Å²) in [6.45, 7) is 2.87. The number of fused-ring (bicyclic) bond motifs is 1. The molecule has 0 aliphatic heterocycles. The number of unbranched alkanes of at least 4 members (excludes halogenated alkanes) is 1. The van der Waals surface area contributed by atoms with E-state index in [1.165, 1.54) is 5.56 Å². The predicted octanol–water partition coefficient (Wildman–Crippen LogP) is 4.07. The number of benzene rings is 1. The van der Waals surface area contributed by atoms with Gasteiger partial charge < -0.3 is 9.32 Å². The molecule has 2 aromatic heterocycles. The van der Waals surface area contributed by atoms with Crippen molar-refractivity contribution in [1.29, 1.82) is 5.26 Å². The molecule has 0 aliphatic carbocycles. The van der Waals surface area contributed by atoms with Gasteiger partial charge in [0.15, 0.2) is 11.5 Å². The molecule has 122 valence electrons. The van der Waals surface area contributed by atoms with E-state index >= 15 is 0 Å². The standard InChI is InChI=1S/C19H20N4O/c1-3-4-8-18-16(15-7-5-6-9-17(15)24-18)13-23(2)19-11-10-14(12-20)21-22-19/h5-7,9-11H,3-4,8,13H2,1-2H3. The van der Waals surface area contributed by atoms with E-state index in [1.54, 1.807) is 6.07 Å². The van der Waals surface area contributed by atoms with Gasteiger partial charge >= 0.3 is 0 Å². The Balaban J connectivity index is 1.90. The second kappa shape index (κ2) is 7.14. The molecule has 5 heteroatoms. The lowest BCUT2D eigenvalue weighted by atomic mass is 10.1. The minimum absolute atomic E-state index is 0.324. The van der Waals surface area contributed by atoms with Crippen LogP contribution >= 0.6 is 0 Å². The second-order valence-electron chi connectivity index (χ2n) is 5.85. The maximum atomic E-state index is 8.83. The van der Waals surface area contributed by atoms with Crippen molar-refractivity contribution in [3.05, 3.63) is 53.4 Å². The number of para-hydroxylation sites is 1. The maximum Gasteiger partial charge on any atom is 0.163 e. The first-order valence-corrected chi connectivity index (χ1v) is 8.17. The Morgan fingerprint density at radius 1 is 1.17 bits per heavy atom. The molecule has 1 aromatic carbocycles. The number of aromatic nitrogens is 2. The molecule has 5 nitrogen and oxygen atoms in total. The van der Waals surface area contributed by atoms with Crippen molar-refractivity contribution in [3.63, 3.8) is 0 Å². The van der Waals surface area contributed by atoms with E-state index in [9.17, 15) is 0 Å². The summed E-state index contributed by atoms with van der Waals surface area (Å²) in [6.07, 6.45) is 3.17. The Morgan fingerprint density at radius 3 is 2.71 bits per heavy atom. The molecule has 0 radical (unpaired) electrons. The van der Waals surface area contributed by atoms with Gasteiger partial charge in [-0.05, 0) is 24.6 Å². The highest BCUT2D eigenvalue weighted by atomic mass is 16.3. The van der Waals surface area contributed by atoms with Crippen LogP contribution in [0.1, 0.15) is 36.8 Å². The first kappa shape index (κ1) is 16.0. The lowest BCUT2D eigenvalue weighted by Gasteiger charge is -2.17. The van der Waals surface area contributed by atoms with Crippen LogP contribution in [-0.2, 0) is 13.0 Å². The van der Waals surface area contributed by atoms with Crippen LogP contribution in [0.25, 0.3) is 11.0 Å². The normalized spacial score (nSPS) is 10.7. The number of hydrogen-bond acceptors (Lipinski definition) is 5. The third-order valence-corrected chi connectivity index (χ3v) is 4.09. The van der Waals surface area contributed by atoms with Crippen LogP contribution in [0.3, 0.4) is 0 Å². The predicted molar refractivity (Wildman–Crippen MR) is 93.7 cm³/mol. The van der Waals surface area contributed by atoms with Crippen molar-refractivity contribution >= 4 is 16.8 Å². The van der Waals surface area contributed by atoms with Crippen molar-refractivity contribution in [2.45, 2.75) is 32.7 Å². The Morgan fingerprint density at radius 2 is 2.00 bits per heavy atom. The Bertz CT molecular complexity index is 861. The summed E-state index contributed by atoms with van der Waals surface area (Å²) in [6, 6.07) is 13.6. The molecule has 0 spiro atoms. The molecule has 0 bridgehead atoms. The van der Waals surface area contributed by atoms with Gasteiger partial charge in [-0.3, -0.25) is 0 Å². The van der Waals surface area contributed by atoms with Crippen molar-refractivity contribution in [3.8, 4) is 6.07 Å². The molecule has 3 aromatic rings. The van der Waals surface area contributed by atoms with Crippen LogP contribution in [0.4, 0.5) is 5.82 Å². The average Bonchev–Trinajstić information content (AvgIpc) is 2.97. The van der Waals surface area contributed by atoms with Gasteiger partial charge in [0.25, 0.3) is 0 Å². The number of nitrogens with zero attached hydrogens (tertiary/aromatic N) is 4. The Hall–Kier alpha value is -2.87. The molecule has 0 fully saturated rings. The van der Waals surface area contributed by atoms with Crippen molar-refractivity contribution in [1.82, 2.24) is 10.2 Å². The fraction of sp³-hybridized carbons (Fsp3) is 0.316. The maximum absolute atomic E-state index is 8.83. The van der Waals surface area contributed by atoms with Gasteiger partial charge in [0, 0.05) is 31.0 Å². The SMILES string of the molecule is CCCCc1oc2ccccc2c1CN(C)c1ccc(C#N)nn1. The summed E-state index contributed by atoms with van der Waals surface area (Å²) in [5.74, 6) is 1.78. The highest BCUT2D eigenvalue weighted by Crippen LogP contribution is 2.29.